The smallest absolute Gasteiger partial charge is 0.136 e. The predicted octanol–water partition coefficient (Wildman–Crippen LogP) is 28.6. The summed E-state index contributed by atoms with van der Waals surface area (Å²) in [7, 11) is 0. The van der Waals surface area contributed by atoms with E-state index in [1.807, 2.05) is 115 Å². The zero-order valence-electron chi connectivity index (χ0n) is 69.8. The highest BCUT2D eigenvalue weighted by molar-refractivity contribution is 6.14. The Hall–Kier alpha value is -16.4. The van der Waals surface area contributed by atoms with Crippen LogP contribution < -0.4 is 0 Å². The second-order valence-electron chi connectivity index (χ2n) is 34.6. The van der Waals surface area contributed by atoms with Gasteiger partial charge in [-0.05, 0) is 262 Å². The lowest BCUT2D eigenvalue weighted by atomic mass is 9.67. The second-order valence-corrected chi connectivity index (χ2v) is 34.6. The van der Waals surface area contributed by atoms with Crippen molar-refractivity contribution in [2.45, 2.75) is 43.9 Å². The Morgan fingerprint density at radius 3 is 1.07 bits per heavy atom. The van der Waals surface area contributed by atoms with Crippen molar-refractivity contribution in [2.24, 2.45) is 0 Å². The monoisotopic (exact) mass is 1630 g/mol. The number of rotatable bonds is 9. The molecule has 24 aromatic rings. The number of furan rings is 3. The molecule has 0 saturated heterocycles. The molecular formula is C115H77N9O3. The maximum atomic E-state index is 6.46. The standard InChI is InChI=1S/C49H31N3O.2C33H23N3O/c1-3-12-35(13-4-1)49(42-19-9-7-16-39(42)40-17-8-10-20-43(40)49)36-26-22-32(23-27-36)38-18-11-21-47-48(38)41-30-33(25-29-46(41)53-47)34-24-28-44-45(31-34)51-52(50-44)37-14-5-2-6-15-37;1-33(2)27-11-7-6-10-23(27)24-18-26-25-16-20(13-15-31(25)37-32(26)19-28(24)33)21-12-14-29-30(17-21)35-36(34-29)22-8-4-3-5-9-22;1-33(2)27-14-12-20(21-13-15-29-30(17-21)35-36(34-29)22-8-4-3-5-9-22)16-24(27)25-18-26-23-10-6-7-11-31(23)37-32(26)19-28(25)33/h1-31H;2*3-19H,1-2H3. The lowest BCUT2D eigenvalue weighted by Crippen LogP contribution is -2.28. The average molecular weight is 1630 g/mol. The minimum Gasteiger partial charge on any atom is -0.456 e. The molecule has 0 spiro atoms. The summed E-state index contributed by atoms with van der Waals surface area (Å²) in [5.74, 6) is 0. The molecule has 0 fully saturated rings. The number of hydrogen-bond donors (Lipinski definition) is 0. The highest BCUT2D eigenvalue weighted by atomic mass is 16.3. The first-order valence-corrected chi connectivity index (χ1v) is 43.2. The van der Waals surface area contributed by atoms with Crippen LogP contribution in [0.15, 0.2) is 408 Å². The van der Waals surface area contributed by atoms with Crippen LogP contribution in [0.25, 0.3) is 194 Å². The molecule has 127 heavy (non-hydrogen) atoms. The third-order valence-electron chi connectivity index (χ3n) is 26.7. The minimum atomic E-state index is -0.427. The Bertz CT molecular complexity index is 8540. The van der Waals surface area contributed by atoms with Crippen molar-refractivity contribution >= 4 is 98.9 Å². The van der Waals surface area contributed by atoms with Gasteiger partial charge in [0.15, 0.2) is 0 Å². The zero-order chi connectivity index (χ0) is 84.4. The zero-order valence-corrected chi connectivity index (χ0v) is 69.8. The van der Waals surface area contributed by atoms with E-state index in [2.05, 4.69) is 317 Å². The van der Waals surface area contributed by atoms with E-state index in [4.69, 9.17) is 33.6 Å². The first-order valence-electron chi connectivity index (χ1n) is 43.2. The molecule has 0 N–H and O–H groups in total. The fourth-order valence-electron chi connectivity index (χ4n) is 20.5. The van der Waals surface area contributed by atoms with Gasteiger partial charge in [-0.15, -0.1) is 30.6 Å². The molecule has 600 valence electrons. The fraction of sp³-hybridized carbons (Fsp3) is 0.0609. The van der Waals surface area contributed by atoms with E-state index in [9.17, 15) is 0 Å². The number of aromatic nitrogens is 9. The SMILES string of the molecule is CC1(C)c2ccc(-c3ccc4nn(-c5ccccc5)nc4c3)cc2-c2cc3c(cc21)oc1ccccc13.CC1(C)c2ccccc2-c2cc3c(cc21)oc1ccc(-c2ccc4nn(-c5ccccc5)nc4c2)cc13.c1ccc(-n2nc3ccc(-c4ccc5oc6cccc(-c7ccc(C8(c9ccccc9)c9ccccc9-c9ccccc98)cc7)c6c5c4)cc3n2)cc1. The van der Waals surface area contributed by atoms with Gasteiger partial charge in [-0.1, -0.05) is 282 Å². The molecule has 6 aromatic heterocycles. The van der Waals surface area contributed by atoms with Crippen molar-refractivity contribution in [1.82, 2.24) is 45.0 Å². The van der Waals surface area contributed by atoms with Gasteiger partial charge in [-0.2, -0.15) is 14.4 Å². The number of benzene rings is 18. The van der Waals surface area contributed by atoms with Crippen LogP contribution in [0.2, 0.25) is 0 Å². The maximum Gasteiger partial charge on any atom is 0.136 e. The van der Waals surface area contributed by atoms with Crippen LogP contribution >= 0.6 is 0 Å². The Morgan fingerprint density at radius 1 is 0.197 bits per heavy atom. The van der Waals surface area contributed by atoms with Crippen LogP contribution in [0, 0.1) is 0 Å². The third-order valence-corrected chi connectivity index (χ3v) is 26.7. The highest BCUT2D eigenvalue weighted by Crippen LogP contribution is 2.58. The van der Waals surface area contributed by atoms with Crippen molar-refractivity contribution < 1.29 is 13.3 Å². The third kappa shape index (κ3) is 11.7. The summed E-state index contributed by atoms with van der Waals surface area (Å²) in [5, 5.41) is 35.1. The number of fused-ring (bicyclic) bond motifs is 21. The first-order chi connectivity index (χ1) is 62.4. The molecule has 12 heteroatoms. The molecule has 0 saturated carbocycles. The Balaban J connectivity index is 0.000000106. The second kappa shape index (κ2) is 28.3. The van der Waals surface area contributed by atoms with Gasteiger partial charge in [0, 0.05) is 43.1 Å². The van der Waals surface area contributed by atoms with Crippen molar-refractivity contribution in [2.75, 3.05) is 0 Å². The van der Waals surface area contributed by atoms with E-state index in [0.29, 0.717) is 0 Å². The molecule has 18 aromatic carbocycles. The topological polar surface area (TPSA) is 132 Å². The number of hydrogen-bond acceptors (Lipinski definition) is 9. The Morgan fingerprint density at radius 2 is 0.535 bits per heavy atom. The van der Waals surface area contributed by atoms with Crippen LogP contribution in [0.5, 0.6) is 0 Å². The van der Waals surface area contributed by atoms with Crippen molar-refractivity contribution in [3.8, 4) is 95.0 Å². The number of nitrogens with zero attached hydrogens (tertiary/aromatic N) is 9. The van der Waals surface area contributed by atoms with E-state index >= 15 is 0 Å². The molecule has 0 radical (unpaired) electrons. The predicted molar refractivity (Wildman–Crippen MR) is 513 cm³/mol. The molecule has 27 rings (SSSR count). The van der Waals surface area contributed by atoms with Crippen LogP contribution in [-0.2, 0) is 16.2 Å². The van der Waals surface area contributed by atoms with E-state index in [1.165, 1.54) is 88.8 Å². The highest BCUT2D eigenvalue weighted by Gasteiger charge is 2.46. The van der Waals surface area contributed by atoms with Crippen LogP contribution in [0.4, 0.5) is 0 Å². The van der Waals surface area contributed by atoms with Gasteiger partial charge in [0.05, 0.1) is 22.5 Å². The molecule has 0 amide bonds. The quantitative estimate of drug-likeness (QED) is 0.139. The Kier molecular flexibility index (Phi) is 16.3. The van der Waals surface area contributed by atoms with Crippen molar-refractivity contribution in [1.29, 1.82) is 0 Å². The van der Waals surface area contributed by atoms with Gasteiger partial charge in [0.25, 0.3) is 0 Å². The van der Waals surface area contributed by atoms with Gasteiger partial charge in [-0.25, -0.2) is 0 Å². The first kappa shape index (κ1) is 73.3. The van der Waals surface area contributed by atoms with Gasteiger partial charge < -0.3 is 13.3 Å². The molecular weight excluding hydrogens is 1560 g/mol. The normalized spacial score (nSPS) is 13.5. The van der Waals surface area contributed by atoms with Gasteiger partial charge >= 0.3 is 0 Å². The summed E-state index contributed by atoms with van der Waals surface area (Å²) in [6.45, 7) is 9.21. The van der Waals surface area contributed by atoms with Crippen molar-refractivity contribution in [3.05, 3.63) is 439 Å². The van der Waals surface area contributed by atoms with Crippen LogP contribution in [0.3, 0.4) is 0 Å². The van der Waals surface area contributed by atoms with Crippen LogP contribution in [-0.4, -0.2) is 45.0 Å². The molecule has 0 atom stereocenters. The summed E-state index contributed by atoms with van der Waals surface area (Å²) >= 11 is 0. The molecule has 12 nitrogen and oxygen atoms in total. The van der Waals surface area contributed by atoms with Gasteiger partial charge in [0.2, 0.25) is 0 Å². The fourth-order valence-corrected chi connectivity index (χ4v) is 20.5. The summed E-state index contributed by atoms with van der Waals surface area (Å²) in [5.41, 5.74) is 40.3. The van der Waals surface area contributed by atoms with E-state index < -0.39 is 5.41 Å². The van der Waals surface area contributed by atoms with E-state index in [1.54, 1.807) is 14.4 Å². The lowest BCUT2D eigenvalue weighted by Gasteiger charge is -2.34. The van der Waals surface area contributed by atoms with Gasteiger partial charge in [-0.3, -0.25) is 0 Å². The molecule has 0 bridgehead atoms. The molecule has 0 aliphatic heterocycles. The average Bonchev–Trinajstić information content (AvgIpc) is 1.55. The number of para-hydroxylation sites is 4. The molecule has 3 aliphatic carbocycles. The summed E-state index contributed by atoms with van der Waals surface area (Å²) in [6, 6.07) is 139. The Labute approximate surface area is 730 Å². The largest absolute Gasteiger partial charge is 0.456 e. The van der Waals surface area contributed by atoms with Crippen molar-refractivity contribution in [3.63, 3.8) is 0 Å². The summed E-state index contributed by atoms with van der Waals surface area (Å²) in [4.78, 5) is 5.10. The molecule has 0 unspecified atom stereocenters. The van der Waals surface area contributed by atoms with Crippen LogP contribution in [0.1, 0.15) is 72.2 Å². The summed E-state index contributed by atoms with van der Waals surface area (Å²) < 4.78 is 19.0. The molecule has 3 aliphatic rings. The molecule has 6 heterocycles. The minimum absolute atomic E-state index is 0.0448. The maximum absolute atomic E-state index is 6.46. The summed E-state index contributed by atoms with van der Waals surface area (Å²) in [6.07, 6.45) is 0. The van der Waals surface area contributed by atoms with E-state index in [0.717, 1.165) is 150 Å². The van der Waals surface area contributed by atoms with Gasteiger partial charge in [0.1, 0.15) is 66.6 Å². The lowest BCUT2D eigenvalue weighted by molar-refractivity contribution is 0.647. The van der Waals surface area contributed by atoms with E-state index in [-0.39, 0.29) is 10.8 Å².